The smallest absolute Gasteiger partial charge is 0.416 e. The lowest BCUT2D eigenvalue weighted by atomic mass is 10.0. The van der Waals surface area contributed by atoms with E-state index in [1.807, 2.05) is 0 Å². The van der Waals surface area contributed by atoms with Gasteiger partial charge in [0, 0.05) is 6.42 Å². The first-order chi connectivity index (χ1) is 11.6. The van der Waals surface area contributed by atoms with Crippen molar-refractivity contribution in [3.63, 3.8) is 0 Å². The zero-order valence-electron chi connectivity index (χ0n) is 13.4. The first-order valence-electron chi connectivity index (χ1n) is 7.38. The van der Waals surface area contributed by atoms with Crippen LogP contribution < -0.4 is 4.74 Å². The molecule has 8 heteroatoms. The van der Waals surface area contributed by atoms with Gasteiger partial charge < -0.3 is 4.74 Å². The molecule has 2 aromatic carbocycles. The van der Waals surface area contributed by atoms with Crippen molar-refractivity contribution in [1.82, 2.24) is 0 Å². The number of para-hydroxylation sites is 1. The third kappa shape index (κ3) is 6.39. The van der Waals surface area contributed by atoms with E-state index in [0.29, 0.717) is 5.75 Å². The lowest BCUT2D eigenvalue weighted by Gasteiger charge is -2.20. The number of hydrogen-bond acceptors (Lipinski definition) is 4. The van der Waals surface area contributed by atoms with E-state index >= 15 is 0 Å². The number of ether oxygens (including phenoxy) is 1. The van der Waals surface area contributed by atoms with Crippen LogP contribution in [0.15, 0.2) is 54.6 Å². The fraction of sp³-hybridized carbons (Fsp3) is 0.294. The minimum Gasteiger partial charge on any atom is -0.486 e. The highest BCUT2D eigenvalue weighted by molar-refractivity contribution is 7.85. The number of benzene rings is 2. The van der Waals surface area contributed by atoms with Crippen LogP contribution in [0.3, 0.4) is 0 Å². The van der Waals surface area contributed by atoms with Crippen LogP contribution in [0.2, 0.25) is 0 Å². The zero-order chi connectivity index (χ0) is 18.5. The van der Waals surface area contributed by atoms with Gasteiger partial charge in [-0.3, -0.25) is 4.18 Å². The van der Waals surface area contributed by atoms with Gasteiger partial charge >= 0.3 is 6.18 Å². The highest BCUT2D eigenvalue weighted by Gasteiger charge is 2.31. The molecule has 1 unspecified atom stereocenters. The summed E-state index contributed by atoms with van der Waals surface area (Å²) in [6, 6.07) is 13.3. The zero-order valence-corrected chi connectivity index (χ0v) is 14.2. The third-order valence-corrected chi connectivity index (χ3v) is 3.88. The molecule has 0 aliphatic carbocycles. The van der Waals surface area contributed by atoms with Crippen molar-refractivity contribution >= 4 is 10.1 Å². The molecule has 0 aliphatic heterocycles. The summed E-state index contributed by atoms with van der Waals surface area (Å²) < 4.78 is 71.4. The fourth-order valence-corrected chi connectivity index (χ4v) is 2.58. The van der Waals surface area contributed by atoms with Crippen molar-refractivity contribution in [1.29, 1.82) is 0 Å². The largest absolute Gasteiger partial charge is 0.486 e. The van der Waals surface area contributed by atoms with E-state index in [1.54, 1.807) is 30.3 Å². The predicted octanol–water partition coefficient (Wildman–Crippen LogP) is 4.19. The van der Waals surface area contributed by atoms with Gasteiger partial charge in [-0.2, -0.15) is 21.6 Å². The Balaban J connectivity index is 2.24. The van der Waals surface area contributed by atoms with Crippen molar-refractivity contribution in [2.75, 3.05) is 12.9 Å². The number of halogens is 3. The molecule has 0 bridgehead atoms. The molecule has 2 aromatic rings. The standard InChI is InChI=1S/C17H17F3O4S/c1-25(21,22)23-11-10-16(24-15-8-3-2-4-9-15)13-6-5-7-14(12-13)17(18,19)20/h2-9,12,16H,10-11H2,1H3. The van der Waals surface area contributed by atoms with Crippen LogP contribution in [0.25, 0.3) is 0 Å². The van der Waals surface area contributed by atoms with Gasteiger partial charge in [0.1, 0.15) is 11.9 Å². The Bertz CT molecular complexity index is 789. The van der Waals surface area contributed by atoms with Crippen LogP contribution in [-0.4, -0.2) is 21.3 Å². The monoisotopic (exact) mass is 374 g/mol. The Kier molecular flexibility index (Phi) is 6.07. The summed E-state index contributed by atoms with van der Waals surface area (Å²) in [5, 5.41) is 0. The summed E-state index contributed by atoms with van der Waals surface area (Å²) in [6.07, 6.45) is -4.28. The molecular weight excluding hydrogens is 357 g/mol. The van der Waals surface area contributed by atoms with E-state index in [9.17, 15) is 21.6 Å². The van der Waals surface area contributed by atoms with E-state index in [4.69, 9.17) is 4.74 Å². The van der Waals surface area contributed by atoms with E-state index < -0.39 is 28.0 Å². The van der Waals surface area contributed by atoms with Gasteiger partial charge in [-0.05, 0) is 29.8 Å². The summed E-state index contributed by atoms with van der Waals surface area (Å²) in [4.78, 5) is 0. The second kappa shape index (κ2) is 7.88. The van der Waals surface area contributed by atoms with Crippen molar-refractivity contribution in [2.45, 2.75) is 18.7 Å². The summed E-state index contributed by atoms with van der Waals surface area (Å²) in [6.45, 7) is -0.202. The molecule has 0 N–H and O–H groups in total. The molecule has 0 saturated carbocycles. The van der Waals surface area contributed by atoms with Crippen LogP contribution >= 0.6 is 0 Å². The topological polar surface area (TPSA) is 52.6 Å². The second-order valence-corrected chi connectivity index (χ2v) is 7.00. The first-order valence-corrected chi connectivity index (χ1v) is 9.20. The average molecular weight is 374 g/mol. The molecule has 0 aromatic heterocycles. The Morgan fingerprint density at radius 1 is 1.04 bits per heavy atom. The molecule has 0 spiro atoms. The number of alkyl halides is 3. The molecular formula is C17H17F3O4S. The molecule has 0 heterocycles. The summed E-state index contributed by atoms with van der Waals surface area (Å²) in [5.74, 6) is 0.462. The van der Waals surface area contributed by atoms with E-state index in [0.717, 1.165) is 18.4 Å². The Hall–Kier alpha value is -2.06. The molecule has 0 fully saturated rings. The van der Waals surface area contributed by atoms with Crippen LogP contribution in [0.5, 0.6) is 5.75 Å². The Labute approximate surface area is 144 Å². The highest BCUT2D eigenvalue weighted by atomic mass is 32.2. The maximum absolute atomic E-state index is 12.9. The number of rotatable bonds is 7. The average Bonchev–Trinajstić information content (AvgIpc) is 2.53. The van der Waals surface area contributed by atoms with Crippen molar-refractivity contribution in [2.24, 2.45) is 0 Å². The van der Waals surface area contributed by atoms with Gasteiger partial charge in [-0.15, -0.1) is 0 Å². The molecule has 25 heavy (non-hydrogen) atoms. The molecule has 0 amide bonds. The Morgan fingerprint density at radius 3 is 2.32 bits per heavy atom. The molecule has 2 rings (SSSR count). The molecule has 136 valence electrons. The maximum Gasteiger partial charge on any atom is 0.416 e. The van der Waals surface area contributed by atoms with E-state index in [-0.39, 0.29) is 18.6 Å². The first kappa shape index (κ1) is 19.3. The second-order valence-electron chi connectivity index (χ2n) is 5.36. The molecule has 4 nitrogen and oxygen atoms in total. The van der Waals surface area contributed by atoms with Gasteiger partial charge in [-0.25, -0.2) is 0 Å². The van der Waals surface area contributed by atoms with Gasteiger partial charge in [0.15, 0.2) is 0 Å². The van der Waals surface area contributed by atoms with Gasteiger partial charge in [0.25, 0.3) is 10.1 Å². The highest BCUT2D eigenvalue weighted by Crippen LogP contribution is 2.32. The molecule has 0 aliphatic rings. The molecule has 0 saturated heterocycles. The van der Waals surface area contributed by atoms with Crippen molar-refractivity contribution in [3.05, 3.63) is 65.7 Å². The van der Waals surface area contributed by atoms with E-state index in [1.165, 1.54) is 12.1 Å². The van der Waals surface area contributed by atoms with Crippen molar-refractivity contribution < 1.29 is 30.5 Å². The van der Waals surface area contributed by atoms with E-state index in [2.05, 4.69) is 4.18 Å². The lowest BCUT2D eigenvalue weighted by molar-refractivity contribution is -0.137. The van der Waals surface area contributed by atoms with Crippen LogP contribution in [0.4, 0.5) is 13.2 Å². The SMILES string of the molecule is CS(=O)(=O)OCCC(Oc1ccccc1)c1cccc(C(F)(F)F)c1. The minimum atomic E-state index is -4.48. The minimum absolute atomic E-state index is 0.0727. The quantitative estimate of drug-likeness (QED) is 0.682. The maximum atomic E-state index is 12.9. The summed E-state index contributed by atoms with van der Waals surface area (Å²) in [7, 11) is -3.64. The Morgan fingerprint density at radius 2 is 1.72 bits per heavy atom. The summed E-state index contributed by atoms with van der Waals surface area (Å²) >= 11 is 0. The van der Waals surface area contributed by atoms with Gasteiger partial charge in [-0.1, -0.05) is 30.3 Å². The van der Waals surface area contributed by atoms with Gasteiger partial charge in [0.2, 0.25) is 0 Å². The van der Waals surface area contributed by atoms with Crippen LogP contribution in [-0.2, 0) is 20.5 Å². The van der Waals surface area contributed by atoms with Crippen molar-refractivity contribution in [3.8, 4) is 5.75 Å². The predicted molar refractivity (Wildman–Crippen MR) is 86.7 cm³/mol. The van der Waals surface area contributed by atoms with Crippen LogP contribution in [0.1, 0.15) is 23.7 Å². The number of hydrogen-bond donors (Lipinski definition) is 0. The lowest BCUT2D eigenvalue weighted by Crippen LogP contribution is -2.14. The normalized spacial score (nSPS) is 13.4. The fourth-order valence-electron chi connectivity index (χ4n) is 2.18. The third-order valence-electron chi connectivity index (χ3n) is 3.28. The molecule has 0 radical (unpaired) electrons. The molecule has 1 atom stereocenters. The van der Waals surface area contributed by atoms with Crippen LogP contribution in [0, 0.1) is 0 Å². The summed E-state index contributed by atoms with van der Waals surface area (Å²) in [5.41, 5.74) is -0.508. The van der Waals surface area contributed by atoms with Gasteiger partial charge in [0.05, 0.1) is 18.4 Å².